The van der Waals surface area contributed by atoms with Gasteiger partial charge in [-0.05, 0) is 38.5 Å². The Morgan fingerprint density at radius 3 is 2.50 bits per heavy atom. The average Bonchev–Trinajstić information content (AvgIpc) is 2.01. The van der Waals surface area contributed by atoms with Crippen molar-refractivity contribution in [2.24, 2.45) is 0 Å². The normalized spacial score (nSPS) is 11.5. The molecule has 0 unspecified atom stereocenters. The summed E-state index contributed by atoms with van der Waals surface area (Å²) in [6.07, 6.45) is 0.955. The Balaban J connectivity index is 2.87. The van der Waals surface area contributed by atoms with Crippen LogP contribution in [0.3, 0.4) is 0 Å². The van der Waals surface area contributed by atoms with Crippen molar-refractivity contribution in [2.45, 2.75) is 32.8 Å². The molecule has 78 valence electrons. The molecule has 0 atom stereocenters. The minimum Gasteiger partial charge on any atom is -0.488 e. The van der Waals surface area contributed by atoms with Gasteiger partial charge in [0, 0.05) is 9.50 Å². The number of rotatable bonds is 3. The van der Waals surface area contributed by atoms with Crippen LogP contribution in [0.1, 0.15) is 27.2 Å². The van der Waals surface area contributed by atoms with Gasteiger partial charge in [-0.3, -0.25) is 0 Å². The van der Waals surface area contributed by atoms with E-state index < -0.39 is 0 Å². The van der Waals surface area contributed by atoms with Gasteiger partial charge >= 0.3 is 0 Å². The molecular weight excluding hydrogens is 263 g/mol. The fraction of sp³-hybridized carbons (Fsp3) is 0.455. The lowest BCUT2D eigenvalue weighted by molar-refractivity contribution is 0.105. The van der Waals surface area contributed by atoms with Crippen LogP contribution in [-0.4, -0.2) is 5.60 Å². The summed E-state index contributed by atoms with van der Waals surface area (Å²) in [7, 11) is 0. The molecule has 0 N–H and O–H groups in total. The van der Waals surface area contributed by atoms with Crippen molar-refractivity contribution < 1.29 is 4.74 Å². The highest BCUT2D eigenvalue weighted by molar-refractivity contribution is 9.10. The number of benzene rings is 1. The Bertz CT molecular complexity index is 303. The van der Waals surface area contributed by atoms with Crippen molar-refractivity contribution >= 4 is 27.5 Å². The molecule has 0 aliphatic heterocycles. The van der Waals surface area contributed by atoms with Crippen LogP contribution in [0.2, 0.25) is 5.02 Å². The average molecular weight is 278 g/mol. The maximum absolute atomic E-state index is 5.91. The second-order valence-electron chi connectivity index (χ2n) is 3.82. The van der Waals surface area contributed by atoms with E-state index in [0.29, 0.717) is 5.02 Å². The maximum Gasteiger partial charge on any atom is 0.122 e. The summed E-state index contributed by atoms with van der Waals surface area (Å²) in [4.78, 5) is 0. The summed E-state index contributed by atoms with van der Waals surface area (Å²) in [5, 5.41) is 0.682. The van der Waals surface area contributed by atoms with Gasteiger partial charge in [-0.1, -0.05) is 34.5 Å². The van der Waals surface area contributed by atoms with Gasteiger partial charge in [0.05, 0.1) is 0 Å². The minimum absolute atomic E-state index is 0.149. The summed E-state index contributed by atoms with van der Waals surface area (Å²) in [6.45, 7) is 6.21. The van der Waals surface area contributed by atoms with Crippen LogP contribution in [-0.2, 0) is 0 Å². The largest absolute Gasteiger partial charge is 0.488 e. The van der Waals surface area contributed by atoms with Gasteiger partial charge in [-0.15, -0.1) is 0 Å². The zero-order chi connectivity index (χ0) is 10.8. The Morgan fingerprint density at radius 1 is 1.36 bits per heavy atom. The summed E-state index contributed by atoms with van der Waals surface area (Å²) < 4.78 is 6.74. The SMILES string of the molecule is CCC(C)(C)Oc1cc(Cl)cc(Br)c1. The fourth-order valence-corrected chi connectivity index (χ4v) is 1.81. The Labute approximate surface area is 98.5 Å². The number of hydrogen-bond donors (Lipinski definition) is 0. The van der Waals surface area contributed by atoms with Gasteiger partial charge in [0.15, 0.2) is 0 Å². The van der Waals surface area contributed by atoms with Crippen LogP contribution in [0.15, 0.2) is 22.7 Å². The van der Waals surface area contributed by atoms with E-state index in [9.17, 15) is 0 Å². The van der Waals surface area contributed by atoms with E-state index in [1.807, 2.05) is 18.2 Å². The standard InChI is InChI=1S/C11H14BrClO/c1-4-11(2,3)14-10-6-8(12)5-9(13)7-10/h5-7H,4H2,1-3H3. The molecule has 0 radical (unpaired) electrons. The second-order valence-corrected chi connectivity index (χ2v) is 5.17. The molecule has 0 aliphatic carbocycles. The molecule has 1 aromatic rings. The first-order valence-electron chi connectivity index (χ1n) is 4.58. The predicted octanol–water partition coefficient (Wildman–Crippen LogP) is 4.67. The van der Waals surface area contributed by atoms with Crippen molar-refractivity contribution in [3.8, 4) is 5.75 Å². The molecule has 0 amide bonds. The molecule has 0 bridgehead atoms. The zero-order valence-corrected chi connectivity index (χ0v) is 10.9. The summed E-state index contributed by atoms with van der Waals surface area (Å²) in [5.74, 6) is 0.802. The first-order valence-corrected chi connectivity index (χ1v) is 5.75. The molecule has 1 rings (SSSR count). The molecular formula is C11H14BrClO. The summed E-state index contributed by atoms with van der Waals surface area (Å²) >= 11 is 9.29. The Kier molecular flexibility index (Phi) is 3.85. The number of halogens is 2. The van der Waals surface area contributed by atoms with Crippen LogP contribution < -0.4 is 4.74 Å². The molecule has 0 aromatic heterocycles. The monoisotopic (exact) mass is 276 g/mol. The van der Waals surface area contributed by atoms with Gasteiger partial charge in [-0.25, -0.2) is 0 Å². The third kappa shape index (κ3) is 3.50. The van der Waals surface area contributed by atoms with Crippen molar-refractivity contribution in [3.63, 3.8) is 0 Å². The third-order valence-corrected chi connectivity index (χ3v) is 2.76. The lowest BCUT2D eigenvalue weighted by atomic mass is 10.1. The molecule has 0 fully saturated rings. The Morgan fingerprint density at radius 2 is 2.00 bits per heavy atom. The second kappa shape index (κ2) is 4.54. The van der Waals surface area contributed by atoms with Crippen LogP contribution in [0.5, 0.6) is 5.75 Å². The molecule has 0 heterocycles. The molecule has 1 nitrogen and oxygen atoms in total. The van der Waals surface area contributed by atoms with Gasteiger partial charge in [-0.2, -0.15) is 0 Å². The van der Waals surface area contributed by atoms with Crippen LogP contribution in [0, 0.1) is 0 Å². The van der Waals surface area contributed by atoms with E-state index in [-0.39, 0.29) is 5.60 Å². The molecule has 3 heteroatoms. The smallest absolute Gasteiger partial charge is 0.122 e. The number of ether oxygens (including phenoxy) is 1. The van der Waals surface area contributed by atoms with E-state index in [0.717, 1.165) is 16.6 Å². The van der Waals surface area contributed by atoms with Crippen molar-refractivity contribution in [3.05, 3.63) is 27.7 Å². The minimum atomic E-state index is -0.149. The van der Waals surface area contributed by atoms with E-state index in [1.165, 1.54) is 0 Å². The lowest BCUT2D eigenvalue weighted by Gasteiger charge is -2.25. The van der Waals surface area contributed by atoms with Gasteiger partial charge in [0.2, 0.25) is 0 Å². The first-order chi connectivity index (χ1) is 6.43. The highest BCUT2D eigenvalue weighted by Crippen LogP contribution is 2.28. The van der Waals surface area contributed by atoms with Crippen molar-refractivity contribution in [2.75, 3.05) is 0 Å². The van der Waals surface area contributed by atoms with Crippen molar-refractivity contribution in [1.29, 1.82) is 0 Å². The third-order valence-electron chi connectivity index (χ3n) is 2.08. The summed E-state index contributed by atoms with van der Waals surface area (Å²) in [5.41, 5.74) is -0.149. The highest BCUT2D eigenvalue weighted by Gasteiger charge is 2.16. The molecule has 0 aliphatic rings. The van der Waals surface area contributed by atoms with Gasteiger partial charge in [0.1, 0.15) is 11.4 Å². The lowest BCUT2D eigenvalue weighted by Crippen LogP contribution is -2.26. The maximum atomic E-state index is 5.91. The van der Waals surface area contributed by atoms with E-state index in [2.05, 4.69) is 36.7 Å². The topological polar surface area (TPSA) is 9.23 Å². The van der Waals surface area contributed by atoms with Crippen LogP contribution in [0.25, 0.3) is 0 Å². The predicted molar refractivity (Wildman–Crippen MR) is 64.2 cm³/mol. The molecule has 1 aromatic carbocycles. The van der Waals surface area contributed by atoms with E-state index >= 15 is 0 Å². The number of hydrogen-bond acceptors (Lipinski definition) is 1. The van der Waals surface area contributed by atoms with Crippen LogP contribution in [0.4, 0.5) is 0 Å². The molecule has 0 saturated carbocycles. The van der Waals surface area contributed by atoms with Gasteiger partial charge < -0.3 is 4.74 Å². The highest BCUT2D eigenvalue weighted by atomic mass is 79.9. The molecule has 0 spiro atoms. The quantitative estimate of drug-likeness (QED) is 0.780. The zero-order valence-electron chi connectivity index (χ0n) is 8.60. The van der Waals surface area contributed by atoms with E-state index in [4.69, 9.17) is 16.3 Å². The first kappa shape index (κ1) is 11.9. The fourth-order valence-electron chi connectivity index (χ4n) is 0.979. The van der Waals surface area contributed by atoms with Crippen molar-refractivity contribution in [1.82, 2.24) is 0 Å². The van der Waals surface area contributed by atoms with Gasteiger partial charge in [0.25, 0.3) is 0 Å². The summed E-state index contributed by atoms with van der Waals surface area (Å²) in [6, 6.07) is 5.58. The Hall–Kier alpha value is -0.210. The van der Waals surface area contributed by atoms with E-state index in [1.54, 1.807) is 0 Å². The molecule has 14 heavy (non-hydrogen) atoms. The molecule has 0 saturated heterocycles. The van der Waals surface area contributed by atoms with Crippen LogP contribution >= 0.6 is 27.5 Å².